The van der Waals surface area contributed by atoms with Crippen LogP contribution in [0, 0.1) is 12.8 Å². The summed E-state index contributed by atoms with van der Waals surface area (Å²) in [6.07, 6.45) is 5.40. The normalized spacial score (nSPS) is 20.1. The molecule has 0 aromatic heterocycles. The summed E-state index contributed by atoms with van der Waals surface area (Å²) in [5.41, 5.74) is 5.18. The number of rotatable bonds is 6. The van der Waals surface area contributed by atoms with Crippen molar-refractivity contribution in [3.05, 3.63) is 98.0 Å². The van der Waals surface area contributed by atoms with Crippen molar-refractivity contribution < 1.29 is 19.4 Å². The predicted octanol–water partition coefficient (Wildman–Crippen LogP) is 7.52. The predicted molar refractivity (Wildman–Crippen MR) is 141 cm³/mol. The van der Waals surface area contributed by atoms with E-state index < -0.39 is 5.97 Å². The summed E-state index contributed by atoms with van der Waals surface area (Å²) < 4.78 is 12.6. The van der Waals surface area contributed by atoms with E-state index in [1.165, 1.54) is 0 Å². The molecule has 2 aliphatic rings. The number of carboxylic acid groups (broad SMARTS) is 1. The van der Waals surface area contributed by atoms with Crippen molar-refractivity contribution in [3.63, 3.8) is 0 Å². The lowest BCUT2D eigenvalue weighted by molar-refractivity contribution is 0.0696. The van der Waals surface area contributed by atoms with Crippen LogP contribution >= 0.6 is 27.5 Å². The number of nitrogens with one attached hydrogen (secondary N) is 1. The number of benzene rings is 3. The van der Waals surface area contributed by atoms with E-state index in [-0.39, 0.29) is 12.0 Å². The summed E-state index contributed by atoms with van der Waals surface area (Å²) in [4.78, 5) is 11.7. The molecule has 3 atom stereocenters. The first-order valence-corrected chi connectivity index (χ1v) is 12.6. The van der Waals surface area contributed by atoms with E-state index in [4.69, 9.17) is 21.1 Å². The number of hydrogen-bond acceptors (Lipinski definition) is 4. The summed E-state index contributed by atoms with van der Waals surface area (Å²) >= 11 is 9.68. The summed E-state index contributed by atoms with van der Waals surface area (Å²) in [5, 5.41) is 14.0. The molecule has 0 amide bonds. The number of ether oxygens (including phenoxy) is 2. The van der Waals surface area contributed by atoms with Crippen molar-refractivity contribution >= 4 is 39.2 Å². The van der Waals surface area contributed by atoms with Crippen molar-refractivity contribution in [1.29, 1.82) is 0 Å². The van der Waals surface area contributed by atoms with Crippen LogP contribution < -0.4 is 14.8 Å². The first kappa shape index (κ1) is 23.8. The van der Waals surface area contributed by atoms with Crippen molar-refractivity contribution in [2.45, 2.75) is 31.9 Å². The third-order valence-corrected chi connectivity index (χ3v) is 7.78. The first-order chi connectivity index (χ1) is 16.9. The minimum Gasteiger partial charge on any atom is -0.493 e. The fraction of sp³-hybridized carbons (Fsp3) is 0.250. The number of anilines is 1. The van der Waals surface area contributed by atoms with E-state index in [2.05, 4.69) is 39.5 Å². The van der Waals surface area contributed by atoms with E-state index in [1.807, 2.05) is 43.3 Å². The molecule has 0 saturated carbocycles. The monoisotopic (exact) mass is 553 g/mol. The van der Waals surface area contributed by atoms with Gasteiger partial charge in [0.1, 0.15) is 6.61 Å². The van der Waals surface area contributed by atoms with E-state index in [9.17, 15) is 9.90 Å². The number of aromatic carboxylic acids is 1. The maximum Gasteiger partial charge on any atom is 0.336 e. The van der Waals surface area contributed by atoms with E-state index in [1.54, 1.807) is 13.2 Å². The summed E-state index contributed by atoms with van der Waals surface area (Å²) in [7, 11) is 1.63. The number of allylic oxidation sites excluding steroid dienone is 2. The van der Waals surface area contributed by atoms with Crippen LogP contribution in [0.25, 0.3) is 0 Å². The largest absolute Gasteiger partial charge is 0.493 e. The van der Waals surface area contributed by atoms with E-state index in [0.29, 0.717) is 34.6 Å². The van der Waals surface area contributed by atoms with Gasteiger partial charge in [-0.05, 0) is 87.8 Å². The number of carboxylic acids is 1. The molecule has 0 unspecified atom stereocenters. The Morgan fingerprint density at radius 1 is 1.20 bits per heavy atom. The Labute approximate surface area is 217 Å². The third-order valence-electron chi connectivity index (χ3n) is 6.94. The second-order valence-corrected chi connectivity index (χ2v) is 10.2. The Balaban J connectivity index is 1.49. The van der Waals surface area contributed by atoms with Gasteiger partial charge in [-0.2, -0.15) is 0 Å². The average Bonchev–Trinajstić information content (AvgIpc) is 3.34. The zero-order valence-corrected chi connectivity index (χ0v) is 21.7. The van der Waals surface area contributed by atoms with Gasteiger partial charge < -0.3 is 19.9 Å². The van der Waals surface area contributed by atoms with Crippen molar-refractivity contribution in [3.8, 4) is 11.5 Å². The van der Waals surface area contributed by atoms with Crippen LogP contribution in [0.3, 0.4) is 0 Å². The highest BCUT2D eigenvalue weighted by atomic mass is 79.9. The molecule has 0 spiro atoms. The van der Waals surface area contributed by atoms with Crippen LogP contribution in [0.1, 0.15) is 51.0 Å². The van der Waals surface area contributed by atoms with Crippen LogP contribution in [-0.2, 0) is 6.61 Å². The first-order valence-electron chi connectivity index (χ1n) is 11.4. The van der Waals surface area contributed by atoms with Gasteiger partial charge in [-0.15, -0.1) is 0 Å². The maximum atomic E-state index is 11.7. The van der Waals surface area contributed by atoms with Gasteiger partial charge in [0.2, 0.25) is 0 Å². The Hall–Kier alpha value is -2.96. The SMILES string of the molecule is COc1cc([C@@H]2Nc3c(ccc(C(=O)O)c3C)[C@H]3C=CC[C@@H]32)cc(Br)c1OCc1ccc(Cl)cc1. The van der Waals surface area contributed by atoms with Gasteiger partial charge in [-0.1, -0.05) is 42.0 Å². The number of hydrogen-bond donors (Lipinski definition) is 2. The smallest absolute Gasteiger partial charge is 0.336 e. The highest BCUT2D eigenvalue weighted by Crippen LogP contribution is 2.52. The Kier molecular flexibility index (Phi) is 6.51. The van der Waals surface area contributed by atoms with Gasteiger partial charge in [0, 0.05) is 16.6 Å². The van der Waals surface area contributed by atoms with Crippen molar-refractivity contribution in [2.75, 3.05) is 12.4 Å². The lowest BCUT2D eigenvalue weighted by Crippen LogP contribution is -2.30. The molecule has 1 aliphatic heterocycles. The molecule has 0 saturated heterocycles. The van der Waals surface area contributed by atoms with Crippen LogP contribution in [0.15, 0.2) is 65.2 Å². The van der Waals surface area contributed by atoms with Gasteiger partial charge in [0.05, 0.1) is 23.2 Å². The molecule has 5 rings (SSSR count). The molecule has 0 fully saturated rings. The molecule has 180 valence electrons. The fourth-order valence-electron chi connectivity index (χ4n) is 5.17. The van der Waals surface area contributed by atoms with Crippen LogP contribution in [-0.4, -0.2) is 18.2 Å². The van der Waals surface area contributed by atoms with Gasteiger partial charge in [-0.25, -0.2) is 4.79 Å². The second kappa shape index (κ2) is 9.59. The molecule has 3 aromatic carbocycles. The summed E-state index contributed by atoms with van der Waals surface area (Å²) in [6, 6.07) is 15.3. The Bertz CT molecular complexity index is 1320. The van der Waals surface area contributed by atoms with Crippen molar-refractivity contribution in [1.82, 2.24) is 0 Å². The Morgan fingerprint density at radius 3 is 2.69 bits per heavy atom. The van der Waals surface area contributed by atoms with Gasteiger partial charge >= 0.3 is 5.97 Å². The lowest BCUT2D eigenvalue weighted by Gasteiger charge is -2.39. The molecule has 1 heterocycles. The molecule has 35 heavy (non-hydrogen) atoms. The third kappa shape index (κ3) is 4.41. The quantitative estimate of drug-likeness (QED) is 0.308. The summed E-state index contributed by atoms with van der Waals surface area (Å²) in [6.45, 7) is 2.25. The topological polar surface area (TPSA) is 67.8 Å². The van der Waals surface area contributed by atoms with E-state index >= 15 is 0 Å². The van der Waals surface area contributed by atoms with Gasteiger partial charge in [0.25, 0.3) is 0 Å². The number of methoxy groups -OCH3 is 1. The van der Waals surface area contributed by atoms with Crippen molar-refractivity contribution in [2.24, 2.45) is 5.92 Å². The van der Waals surface area contributed by atoms with Crippen LogP contribution in [0.4, 0.5) is 5.69 Å². The molecule has 0 radical (unpaired) electrons. The standard InChI is InChI=1S/C28H25BrClNO4/c1-15-19(28(32)33)10-11-22-20-4-3-5-21(20)26(31-25(15)22)17-12-23(29)27(24(13-17)34-2)35-14-16-6-8-18(30)9-7-16/h3-4,6-13,20-21,26,31H,5,14H2,1-2H3,(H,32,33)/t20-,21-,26-/m0/s1. The lowest BCUT2D eigenvalue weighted by atomic mass is 9.76. The number of fused-ring (bicyclic) bond motifs is 3. The minimum atomic E-state index is -0.917. The van der Waals surface area contributed by atoms with Gasteiger partial charge in [-0.3, -0.25) is 0 Å². The molecule has 7 heteroatoms. The van der Waals surface area contributed by atoms with Crippen LogP contribution in [0.5, 0.6) is 11.5 Å². The zero-order chi connectivity index (χ0) is 24.7. The second-order valence-electron chi connectivity index (χ2n) is 8.93. The fourth-order valence-corrected chi connectivity index (χ4v) is 5.87. The highest BCUT2D eigenvalue weighted by molar-refractivity contribution is 9.10. The molecule has 0 bridgehead atoms. The molecule has 3 aromatic rings. The Morgan fingerprint density at radius 2 is 1.97 bits per heavy atom. The minimum absolute atomic E-state index is 0.0132. The molecule has 1 aliphatic carbocycles. The average molecular weight is 555 g/mol. The number of carbonyl (C=O) groups is 1. The molecule has 2 N–H and O–H groups in total. The molecule has 5 nitrogen and oxygen atoms in total. The number of halogens is 2. The van der Waals surface area contributed by atoms with E-state index in [0.717, 1.165) is 38.8 Å². The summed E-state index contributed by atoms with van der Waals surface area (Å²) in [5.74, 6) is 0.889. The maximum absolute atomic E-state index is 11.7. The molecular formula is C28H25BrClNO4. The zero-order valence-electron chi connectivity index (χ0n) is 19.3. The van der Waals surface area contributed by atoms with Gasteiger partial charge in [0.15, 0.2) is 11.5 Å². The highest BCUT2D eigenvalue weighted by Gasteiger charge is 2.39. The van der Waals surface area contributed by atoms with Crippen LogP contribution in [0.2, 0.25) is 5.02 Å². The molecular weight excluding hydrogens is 530 g/mol.